The van der Waals surface area contributed by atoms with Crippen LogP contribution in [-0.2, 0) is 13.0 Å². The first-order chi connectivity index (χ1) is 11.3. The molecule has 0 bridgehead atoms. The topological polar surface area (TPSA) is 53.7 Å². The number of hydrogen-bond donors (Lipinski definition) is 2. The van der Waals surface area contributed by atoms with Gasteiger partial charge in [-0.25, -0.2) is 9.98 Å². The first-order valence-electron chi connectivity index (χ1n) is 7.82. The third kappa shape index (κ3) is 5.20. The highest BCUT2D eigenvalue weighted by Gasteiger charge is 2.02. The standard InChI is InChI=1S/C17H21N5S.HI/c1-2-18-17(20-12-15-6-5-11-23-15)19-9-8-14-13-22-10-4-3-7-16(22)21-14;/h3-7,10-11,13H,2,8-9,12H2,1H3,(H2,18,19,20);1H. The van der Waals surface area contributed by atoms with Gasteiger partial charge in [-0.15, -0.1) is 35.3 Å². The van der Waals surface area contributed by atoms with Crippen molar-refractivity contribution in [3.05, 3.63) is 58.7 Å². The molecule has 3 rings (SSSR count). The number of thiophene rings is 1. The van der Waals surface area contributed by atoms with Crippen molar-refractivity contribution < 1.29 is 0 Å². The van der Waals surface area contributed by atoms with E-state index in [1.54, 1.807) is 11.3 Å². The summed E-state index contributed by atoms with van der Waals surface area (Å²) >= 11 is 1.73. The lowest BCUT2D eigenvalue weighted by Crippen LogP contribution is -2.38. The monoisotopic (exact) mass is 455 g/mol. The van der Waals surface area contributed by atoms with Crippen LogP contribution in [-0.4, -0.2) is 28.4 Å². The summed E-state index contributed by atoms with van der Waals surface area (Å²) < 4.78 is 2.05. The molecule has 3 aromatic heterocycles. The normalized spacial score (nSPS) is 11.3. The van der Waals surface area contributed by atoms with Gasteiger partial charge in [0.2, 0.25) is 0 Å². The van der Waals surface area contributed by atoms with Crippen molar-refractivity contribution in [2.75, 3.05) is 13.1 Å². The summed E-state index contributed by atoms with van der Waals surface area (Å²) in [5.74, 6) is 0.852. The lowest BCUT2D eigenvalue weighted by Gasteiger charge is -2.10. The molecule has 0 amide bonds. The molecule has 0 fully saturated rings. The Labute approximate surface area is 163 Å². The lowest BCUT2D eigenvalue weighted by atomic mass is 10.3. The number of halogens is 1. The van der Waals surface area contributed by atoms with Crippen LogP contribution in [0.1, 0.15) is 17.5 Å². The average Bonchev–Trinajstić information content (AvgIpc) is 3.21. The number of guanidine groups is 1. The van der Waals surface area contributed by atoms with E-state index in [1.807, 2.05) is 28.8 Å². The first-order valence-corrected chi connectivity index (χ1v) is 8.70. The fourth-order valence-electron chi connectivity index (χ4n) is 2.32. The SMILES string of the molecule is CCNC(=NCc1cccs1)NCCc1cn2ccccc2n1.I. The molecule has 0 unspecified atom stereocenters. The van der Waals surface area contributed by atoms with E-state index in [1.165, 1.54) is 4.88 Å². The Morgan fingerprint density at radius 3 is 2.92 bits per heavy atom. The minimum absolute atomic E-state index is 0. The zero-order valence-electron chi connectivity index (χ0n) is 13.6. The molecule has 128 valence electrons. The molecule has 0 aliphatic carbocycles. The van der Waals surface area contributed by atoms with Crippen LogP contribution in [0.15, 0.2) is 53.1 Å². The van der Waals surface area contributed by atoms with Crippen LogP contribution in [0.5, 0.6) is 0 Å². The fraction of sp³-hybridized carbons (Fsp3) is 0.294. The van der Waals surface area contributed by atoms with E-state index >= 15 is 0 Å². The Bertz CT molecular complexity index is 733. The molecule has 0 saturated carbocycles. The average molecular weight is 455 g/mol. The van der Waals surface area contributed by atoms with Crippen LogP contribution < -0.4 is 10.6 Å². The number of aliphatic imine (C=N–C) groups is 1. The molecule has 0 aliphatic rings. The number of rotatable bonds is 6. The molecule has 3 aromatic rings. The van der Waals surface area contributed by atoms with Gasteiger partial charge < -0.3 is 15.0 Å². The first kappa shape index (κ1) is 18.7. The van der Waals surface area contributed by atoms with Crippen molar-refractivity contribution in [1.29, 1.82) is 0 Å². The quantitative estimate of drug-likeness (QED) is 0.341. The number of imidazole rings is 1. The van der Waals surface area contributed by atoms with Gasteiger partial charge in [0.1, 0.15) is 5.65 Å². The number of pyridine rings is 1. The molecule has 2 N–H and O–H groups in total. The number of aromatic nitrogens is 2. The molecule has 0 spiro atoms. The van der Waals surface area contributed by atoms with E-state index in [-0.39, 0.29) is 24.0 Å². The van der Waals surface area contributed by atoms with Crippen LogP contribution in [0.4, 0.5) is 0 Å². The molecule has 0 aromatic carbocycles. The zero-order chi connectivity index (χ0) is 15.9. The van der Waals surface area contributed by atoms with Crippen LogP contribution in [0.3, 0.4) is 0 Å². The maximum atomic E-state index is 4.61. The second-order valence-electron chi connectivity index (χ2n) is 5.15. The molecule has 0 aliphatic heterocycles. The second kappa shape index (κ2) is 9.63. The molecule has 24 heavy (non-hydrogen) atoms. The lowest BCUT2D eigenvalue weighted by molar-refractivity contribution is 0.792. The Kier molecular flexibility index (Phi) is 7.51. The van der Waals surface area contributed by atoms with E-state index in [9.17, 15) is 0 Å². The summed E-state index contributed by atoms with van der Waals surface area (Å²) in [6, 6.07) is 10.2. The highest BCUT2D eigenvalue weighted by atomic mass is 127. The zero-order valence-corrected chi connectivity index (χ0v) is 16.8. The summed E-state index contributed by atoms with van der Waals surface area (Å²) in [6.45, 7) is 4.44. The largest absolute Gasteiger partial charge is 0.357 e. The summed E-state index contributed by atoms with van der Waals surface area (Å²) in [4.78, 5) is 10.5. The maximum absolute atomic E-state index is 4.61. The van der Waals surface area contributed by atoms with Gasteiger partial charge in [-0.2, -0.15) is 0 Å². The number of nitrogens with one attached hydrogen (secondary N) is 2. The molecular weight excluding hydrogens is 433 g/mol. The molecular formula is C17H22IN5S. The van der Waals surface area contributed by atoms with E-state index in [4.69, 9.17) is 0 Å². The fourth-order valence-corrected chi connectivity index (χ4v) is 2.95. The summed E-state index contributed by atoms with van der Waals surface area (Å²) in [7, 11) is 0. The van der Waals surface area contributed by atoms with Crippen molar-refractivity contribution >= 4 is 46.9 Å². The minimum atomic E-state index is 0. The Morgan fingerprint density at radius 1 is 1.25 bits per heavy atom. The number of hydrogen-bond acceptors (Lipinski definition) is 3. The van der Waals surface area contributed by atoms with Crippen molar-refractivity contribution in [1.82, 2.24) is 20.0 Å². The van der Waals surface area contributed by atoms with Gasteiger partial charge in [0, 0.05) is 36.8 Å². The van der Waals surface area contributed by atoms with Gasteiger partial charge in [0.15, 0.2) is 5.96 Å². The van der Waals surface area contributed by atoms with Crippen LogP contribution >= 0.6 is 35.3 Å². The Morgan fingerprint density at radius 2 is 2.17 bits per heavy atom. The van der Waals surface area contributed by atoms with Gasteiger partial charge >= 0.3 is 0 Å². The van der Waals surface area contributed by atoms with Crippen molar-refractivity contribution in [3.63, 3.8) is 0 Å². The number of nitrogens with zero attached hydrogens (tertiary/aromatic N) is 3. The predicted octanol–water partition coefficient (Wildman–Crippen LogP) is 3.31. The Hall–Kier alpha value is -1.61. The molecule has 0 saturated heterocycles. The van der Waals surface area contributed by atoms with Crippen molar-refractivity contribution in [2.24, 2.45) is 4.99 Å². The van der Waals surface area contributed by atoms with Crippen molar-refractivity contribution in [2.45, 2.75) is 19.9 Å². The third-order valence-corrected chi connectivity index (χ3v) is 4.27. The minimum Gasteiger partial charge on any atom is -0.357 e. The second-order valence-corrected chi connectivity index (χ2v) is 6.18. The smallest absolute Gasteiger partial charge is 0.191 e. The number of fused-ring (bicyclic) bond motifs is 1. The van der Waals surface area contributed by atoms with Gasteiger partial charge in [-0.3, -0.25) is 0 Å². The van der Waals surface area contributed by atoms with Crippen LogP contribution in [0.2, 0.25) is 0 Å². The molecule has 7 heteroatoms. The molecule has 3 heterocycles. The summed E-state index contributed by atoms with van der Waals surface area (Å²) in [5, 5.41) is 8.72. The van der Waals surface area contributed by atoms with Gasteiger partial charge in [0.05, 0.1) is 12.2 Å². The molecule has 0 atom stereocenters. The maximum Gasteiger partial charge on any atom is 0.191 e. The van der Waals surface area contributed by atoms with Gasteiger partial charge in [-0.1, -0.05) is 12.1 Å². The molecule has 0 radical (unpaired) electrons. The van der Waals surface area contributed by atoms with E-state index in [0.29, 0.717) is 6.54 Å². The predicted molar refractivity (Wildman–Crippen MR) is 111 cm³/mol. The third-order valence-electron chi connectivity index (χ3n) is 3.40. The highest BCUT2D eigenvalue weighted by molar-refractivity contribution is 14.0. The van der Waals surface area contributed by atoms with Crippen molar-refractivity contribution in [3.8, 4) is 0 Å². The van der Waals surface area contributed by atoms with Crippen LogP contribution in [0.25, 0.3) is 5.65 Å². The van der Waals surface area contributed by atoms with Gasteiger partial charge in [-0.05, 0) is 30.5 Å². The van der Waals surface area contributed by atoms with Gasteiger partial charge in [0.25, 0.3) is 0 Å². The summed E-state index contributed by atoms with van der Waals surface area (Å²) in [5.41, 5.74) is 2.07. The molecule has 5 nitrogen and oxygen atoms in total. The van der Waals surface area contributed by atoms with E-state index < -0.39 is 0 Å². The van der Waals surface area contributed by atoms with Crippen LogP contribution in [0, 0.1) is 0 Å². The van der Waals surface area contributed by atoms with E-state index in [2.05, 4.69) is 51.2 Å². The highest BCUT2D eigenvalue weighted by Crippen LogP contribution is 2.09. The summed E-state index contributed by atoms with van der Waals surface area (Å²) in [6.07, 6.45) is 4.96. The Balaban J connectivity index is 0.00000208. The van der Waals surface area contributed by atoms with E-state index in [0.717, 1.165) is 36.8 Å².